The predicted octanol–water partition coefficient (Wildman–Crippen LogP) is 3.86. The van der Waals surface area contributed by atoms with Crippen molar-refractivity contribution in [3.8, 4) is 6.07 Å². The maximum absolute atomic E-state index is 9.76. The number of hydrogen-bond acceptors (Lipinski definition) is 3. The molecule has 1 aromatic carbocycles. The molecule has 2 atom stereocenters. The molecule has 1 rings (SSSR count). The first-order valence-electron chi connectivity index (χ1n) is 7.87. The zero-order valence-corrected chi connectivity index (χ0v) is 13.7. The Morgan fingerprint density at radius 2 is 1.90 bits per heavy atom. The van der Waals surface area contributed by atoms with E-state index in [1.54, 1.807) is 0 Å². The van der Waals surface area contributed by atoms with Gasteiger partial charge in [-0.1, -0.05) is 51.1 Å². The molecule has 0 aliphatic heterocycles. The molecule has 1 aromatic rings. The minimum Gasteiger partial charge on any atom is -0.375 e. The molecule has 0 radical (unpaired) electrons. The number of rotatable bonds is 9. The maximum atomic E-state index is 9.76. The minimum absolute atomic E-state index is 0.157. The van der Waals surface area contributed by atoms with E-state index in [2.05, 4.69) is 39.1 Å². The largest absolute Gasteiger partial charge is 0.375 e. The quantitative estimate of drug-likeness (QED) is 0.750. The molecule has 2 unspecified atom stereocenters. The monoisotopic (exact) mass is 288 g/mol. The van der Waals surface area contributed by atoms with Crippen molar-refractivity contribution in [3.63, 3.8) is 0 Å². The molecule has 0 amide bonds. The molecular weight excluding hydrogens is 260 g/mol. The van der Waals surface area contributed by atoms with Crippen molar-refractivity contribution < 1.29 is 4.74 Å². The molecule has 0 spiro atoms. The second-order valence-electron chi connectivity index (χ2n) is 6.06. The van der Waals surface area contributed by atoms with E-state index in [0.717, 1.165) is 24.9 Å². The first-order valence-corrected chi connectivity index (χ1v) is 7.87. The number of hydrogen-bond donors (Lipinski definition) is 1. The standard InChI is InChI=1S/C18H28N2O/c1-5-11-20-18(13-19,17-9-7-6-8-10-17)14-21-16(4)12-15(2)3/h6-10,15-16,20H,5,11-12,14H2,1-4H3. The molecule has 3 nitrogen and oxygen atoms in total. The van der Waals surface area contributed by atoms with Crippen LogP contribution in [0.1, 0.15) is 46.1 Å². The third-order valence-corrected chi connectivity index (χ3v) is 3.52. The Balaban J connectivity index is 2.84. The third-order valence-electron chi connectivity index (χ3n) is 3.52. The van der Waals surface area contributed by atoms with Crippen LogP contribution < -0.4 is 5.32 Å². The van der Waals surface area contributed by atoms with Crippen LogP contribution in [-0.4, -0.2) is 19.3 Å². The molecule has 21 heavy (non-hydrogen) atoms. The molecule has 3 heteroatoms. The van der Waals surface area contributed by atoms with Gasteiger partial charge in [-0.25, -0.2) is 0 Å². The Labute approximate surface area is 129 Å². The number of nitriles is 1. The molecule has 0 saturated heterocycles. The van der Waals surface area contributed by atoms with Crippen LogP contribution in [0, 0.1) is 17.2 Å². The maximum Gasteiger partial charge on any atom is 0.155 e. The summed E-state index contributed by atoms with van der Waals surface area (Å²) in [5.41, 5.74) is 0.209. The van der Waals surface area contributed by atoms with Crippen LogP contribution >= 0.6 is 0 Å². The van der Waals surface area contributed by atoms with Crippen molar-refractivity contribution in [2.45, 2.75) is 52.2 Å². The molecule has 0 bridgehead atoms. The van der Waals surface area contributed by atoms with Gasteiger partial charge in [-0.3, -0.25) is 5.32 Å². The van der Waals surface area contributed by atoms with Crippen molar-refractivity contribution >= 4 is 0 Å². The lowest BCUT2D eigenvalue weighted by Crippen LogP contribution is -2.46. The van der Waals surface area contributed by atoms with Crippen LogP contribution in [0.3, 0.4) is 0 Å². The Morgan fingerprint density at radius 1 is 1.24 bits per heavy atom. The highest BCUT2D eigenvalue weighted by Crippen LogP contribution is 2.22. The van der Waals surface area contributed by atoms with Crippen molar-refractivity contribution in [2.24, 2.45) is 5.92 Å². The predicted molar refractivity (Wildman–Crippen MR) is 86.9 cm³/mol. The van der Waals surface area contributed by atoms with Gasteiger partial charge in [0.1, 0.15) is 0 Å². The second-order valence-corrected chi connectivity index (χ2v) is 6.06. The SMILES string of the molecule is CCCNC(C#N)(COC(C)CC(C)C)c1ccccc1. The van der Waals surface area contributed by atoms with Gasteiger partial charge in [0.2, 0.25) is 0 Å². The van der Waals surface area contributed by atoms with Crippen LogP contribution in [0.15, 0.2) is 30.3 Å². The van der Waals surface area contributed by atoms with Crippen molar-refractivity contribution in [3.05, 3.63) is 35.9 Å². The van der Waals surface area contributed by atoms with E-state index in [-0.39, 0.29) is 6.10 Å². The number of ether oxygens (including phenoxy) is 1. The average molecular weight is 288 g/mol. The van der Waals surface area contributed by atoms with Crippen molar-refractivity contribution in [1.29, 1.82) is 5.26 Å². The molecule has 0 aromatic heterocycles. The molecule has 116 valence electrons. The van der Waals surface area contributed by atoms with Crippen LogP contribution in [0.25, 0.3) is 0 Å². The average Bonchev–Trinajstić information content (AvgIpc) is 2.48. The summed E-state index contributed by atoms with van der Waals surface area (Å²) in [7, 11) is 0. The van der Waals surface area contributed by atoms with E-state index < -0.39 is 5.54 Å². The Bertz CT molecular complexity index is 438. The number of benzene rings is 1. The Kier molecular flexibility index (Phi) is 7.42. The zero-order chi connectivity index (χ0) is 15.7. The van der Waals surface area contributed by atoms with Crippen LogP contribution in [-0.2, 0) is 10.3 Å². The first-order chi connectivity index (χ1) is 10.0. The van der Waals surface area contributed by atoms with E-state index in [4.69, 9.17) is 4.74 Å². The summed E-state index contributed by atoms with van der Waals surface area (Å²) in [6, 6.07) is 12.3. The molecule has 0 fully saturated rings. The third kappa shape index (κ3) is 5.49. The second kappa shape index (κ2) is 8.81. The van der Waals surface area contributed by atoms with Crippen LogP contribution in [0.5, 0.6) is 0 Å². The van der Waals surface area contributed by atoms with Gasteiger partial charge >= 0.3 is 0 Å². The van der Waals surface area contributed by atoms with E-state index >= 15 is 0 Å². The zero-order valence-electron chi connectivity index (χ0n) is 13.7. The van der Waals surface area contributed by atoms with Crippen molar-refractivity contribution in [2.75, 3.05) is 13.2 Å². The first kappa shape index (κ1) is 17.7. The molecule has 0 saturated carbocycles. The van der Waals surface area contributed by atoms with E-state index in [1.807, 2.05) is 30.3 Å². The number of nitrogens with zero attached hydrogens (tertiary/aromatic N) is 1. The molecule has 0 aliphatic rings. The van der Waals surface area contributed by atoms with Gasteiger partial charge in [0, 0.05) is 0 Å². The number of nitrogens with one attached hydrogen (secondary N) is 1. The van der Waals surface area contributed by atoms with Gasteiger partial charge in [-0.15, -0.1) is 0 Å². The van der Waals surface area contributed by atoms with E-state index in [9.17, 15) is 5.26 Å². The molecule has 0 aliphatic carbocycles. The summed E-state index contributed by atoms with van der Waals surface area (Å²) >= 11 is 0. The van der Waals surface area contributed by atoms with E-state index in [1.165, 1.54) is 0 Å². The highest BCUT2D eigenvalue weighted by atomic mass is 16.5. The van der Waals surface area contributed by atoms with Gasteiger partial charge in [-0.2, -0.15) is 5.26 Å². The topological polar surface area (TPSA) is 45.0 Å². The molecule has 1 N–H and O–H groups in total. The smallest absolute Gasteiger partial charge is 0.155 e. The fourth-order valence-electron chi connectivity index (χ4n) is 2.43. The molecular formula is C18H28N2O. The summed E-state index contributed by atoms with van der Waals surface area (Å²) in [4.78, 5) is 0. The van der Waals surface area contributed by atoms with E-state index in [0.29, 0.717) is 12.5 Å². The Hall–Kier alpha value is -1.37. The fourth-order valence-corrected chi connectivity index (χ4v) is 2.43. The van der Waals surface area contributed by atoms with Gasteiger partial charge in [0.05, 0.1) is 18.8 Å². The highest BCUT2D eigenvalue weighted by molar-refractivity contribution is 5.31. The summed E-state index contributed by atoms with van der Waals surface area (Å²) < 4.78 is 5.98. The van der Waals surface area contributed by atoms with Gasteiger partial charge in [0.25, 0.3) is 0 Å². The Morgan fingerprint density at radius 3 is 2.43 bits per heavy atom. The van der Waals surface area contributed by atoms with Gasteiger partial charge in [0.15, 0.2) is 5.54 Å². The van der Waals surface area contributed by atoms with Gasteiger partial charge in [-0.05, 0) is 37.8 Å². The normalized spacial score (nSPS) is 15.4. The van der Waals surface area contributed by atoms with Crippen LogP contribution in [0.2, 0.25) is 0 Å². The summed E-state index contributed by atoms with van der Waals surface area (Å²) in [6.45, 7) is 9.72. The lowest BCUT2D eigenvalue weighted by atomic mass is 9.92. The molecule has 0 heterocycles. The lowest BCUT2D eigenvalue weighted by Gasteiger charge is -2.30. The summed E-state index contributed by atoms with van der Waals surface area (Å²) in [6.07, 6.45) is 2.15. The summed E-state index contributed by atoms with van der Waals surface area (Å²) in [5, 5.41) is 13.1. The minimum atomic E-state index is -0.761. The van der Waals surface area contributed by atoms with Gasteiger partial charge < -0.3 is 4.74 Å². The lowest BCUT2D eigenvalue weighted by molar-refractivity contribution is 0.0216. The fraction of sp³-hybridized carbons (Fsp3) is 0.611. The summed E-state index contributed by atoms with van der Waals surface area (Å²) in [5.74, 6) is 0.594. The highest BCUT2D eigenvalue weighted by Gasteiger charge is 2.32. The van der Waals surface area contributed by atoms with Crippen LogP contribution in [0.4, 0.5) is 0 Å². The van der Waals surface area contributed by atoms with Crippen molar-refractivity contribution in [1.82, 2.24) is 5.32 Å².